The molecule has 1 aliphatic carbocycles. The average molecular weight is 200 g/mol. The molecule has 1 saturated heterocycles. The zero-order valence-corrected chi connectivity index (χ0v) is 8.39. The van der Waals surface area contributed by atoms with Crippen molar-refractivity contribution in [3.8, 4) is 0 Å². The minimum atomic E-state index is -0.357. The normalized spacial score (nSPS) is 22.8. The molecule has 0 aromatic heterocycles. The molecule has 1 aliphatic heterocycles. The van der Waals surface area contributed by atoms with Crippen LogP contribution in [0, 0.1) is 5.41 Å². The molecule has 0 bridgehead atoms. The lowest BCUT2D eigenvalue weighted by atomic mass is 10.1. The number of carbonyl (C=O) groups excluding carboxylic acids is 1. The van der Waals surface area contributed by atoms with Gasteiger partial charge in [-0.2, -0.15) is 0 Å². The number of carbonyl (C=O) groups is 1. The van der Waals surface area contributed by atoms with Gasteiger partial charge in [-0.05, 0) is 31.1 Å². The third-order valence-electron chi connectivity index (χ3n) is 3.27. The number of halogens is 1. The topological polar surface area (TPSA) is 32.3 Å². The van der Waals surface area contributed by atoms with Crippen LogP contribution in [0.3, 0.4) is 0 Å². The molecule has 1 N–H and O–H groups in total. The van der Waals surface area contributed by atoms with E-state index in [1.165, 1.54) is 12.8 Å². The molecule has 80 valence electrons. The SMILES string of the molecule is O=C(NCCCF)N1CCC2(CC2)C1. The summed E-state index contributed by atoms with van der Waals surface area (Å²) in [6, 6.07) is -0.0118. The molecule has 14 heavy (non-hydrogen) atoms. The summed E-state index contributed by atoms with van der Waals surface area (Å²) < 4.78 is 11.8. The number of hydrogen-bond acceptors (Lipinski definition) is 1. The molecular weight excluding hydrogens is 183 g/mol. The first-order valence-corrected chi connectivity index (χ1v) is 5.35. The highest BCUT2D eigenvalue weighted by atomic mass is 19.1. The van der Waals surface area contributed by atoms with Crippen LogP contribution in [0.25, 0.3) is 0 Å². The number of amides is 2. The maximum absolute atomic E-state index is 11.8. The molecule has 0 aromatic carbocycles. The molecular formula is C10H17FN2O. The zero-order chi connectivity index (χ0) is 10.0. The minimum absolute atomic E-state index is 0.0118. The van der Waals surface area contributed by atoms with Crippen LogP contribution >= 0.6 is 0 Å². The predicted molar refractivity (Wildman–Crippen MR) is 51.8 cm³/mol. The van der Waals surface area contributed by atoms with Crippen LogP contribution in [-0.4, -0.2) is 37.2 Å². The Morgan fingerprint density at radius 1 is 1.43 bits per heavy atom. The van der Waals surface area contributed by atoms with Gasteiger partial charge in [-0.3, -0.25) is 4.39 Å². The lowest BCUT2D eigenvalue weighted by Gasteiger charge is -2.16. The van der Waals surface area contributed by atoms with E-state index in [1.54, 1.807) is 0 Å². The summed E-state index contributed by atoms with van der Waals surface area (Å²) in [5, 5.41) is 2.74. The first-order valence-electron chi connectivity index (χ1n) is 5.35. The quantitative estimate of drug-likeness (QED) is 0.689. The number of nitrogens with zero attached hydrogens (tertiary/aromatic N) is 1. The van der Waals surface area contributed by atoms with Crippen LogP contribution in [-0.2, 0) is 0 Å². The fourth-order valence-corrected chi connectivity index (χ4v) is 2.07. The first-order chi connectivity index (χ1) is 6.76. The van der Waals surface area contributed by atoms with Gasteiger partial charge in [0.05, 0.1) is 6.67 Å². The van der Waals surface area contributed by atoms with Crippen molar-refractivity contribution in [1.29, 1.82) is 0 Å². The van der Waals surface area contributed by atoms with Gasteiger partial charge in [-0.15, -0.1) is 0 Å². The summed E-state index contributed by atoms with van der Waals surface area (Å²) in [4.78, 5) is 13.4. The summed E-state index contributed by atoms with van der Waals surface area (Å²) in [6.07, 6.45) is 4.14. The van der Waals surface area contributed by atoms with E-state index in [-0.39, 0.29) is 12.7 Å². The summed E-state index contributed by atoms with van der Waals surface area (Å²) >= 11 is 0. The van der Waals surface area contributed by atoms with Crippen LogP contribution in [0.1, 0.15) is 25.7 Å². The number of hydrogen-bond donors (Lipinski definition) is 1. The number of urea groups is 1. The van der Waals surface area contributed by atoms with Crippen molar-refractivity contribution in [2.45, 2.75) is 25.7 Å². The van der Waals surface area contributed by atoms with Crippen LogP contribution in [0.5, 0.6) is 0 Å². The van der Waals surface area contributed by atoms with Gasteiger partial charge >= 0.3 is 6.03 Å². The van der Waals surface area contributed by atoms with E-state index in [1.807, 2.05) is 4.90 Å². The second-order valence-corrected chi connectivity index (χ2v) is 4.45. The van der Waals surface area contributed by atoms with Crippen molar-refractivity contribution in [3.05, 3.63) is 0 Å². The van der Waals surface area contributed by atoms with Crippen molar-refractivity contribution in [3.63, 3.8) is 0 Å². The summed E-state index contributed by atoms with van der Waals surface area (Å²) in [7, 11) is 0. The average Bonchev–Trinajstić information content (AvgIpc) is 2.77. The molecule has 1 heterocycles. The molecule has 0 atom stereocenters. The Hall–Kier alpha value is -0.800. The molecule has 4 heteroatoms. The Kier molecular flexibility index (Phi) is 2.61. The van der Waals surface area contributed by atoms with Crippen LogP contribution in [0.15, 0.2) is 0 Å². The maximum atomic E-state index is 11.8. The molecule has 3 nitrogen and oxygen atoms in total. The molecule has 1 spiro atoms. The van der Waals surface area contributed by atoms with Crippen molar-refractivity contribution < 1.29 is 9.18 Å². The van der Waals surface area contributed by atoms with Gasteiger partial charge in [-0.25, -0.2) is 4.79 Å². The monoisotopic (exact) mass is 200 g/mol. The van der Waals surface area contributed by atoms with E-state index in [4.69, 9.17) is 0 Å². The van der Waals surface area contributed by atoms with E-state index < -0.39 is 0 Å². The summed E-state index contributed by atoms with van der Waals surface area (Å²) in [6.45, 7) is 1.89. The van der Waals surface area contributed by atoms with Crippen molar-refractivity contribution in [1.82, 2.24) is 10.2 Å². The van der Waals surface area contributed by atoms with Crippen molar-refractivity contribution in [2.75, 3.05) is 26.3 Å². The van der Waals surface area contributed by atoms with Gasteiger partial charge in [-0.1, -0.05) is 0 Å². The smallest absolute Gasteiger partial charge is 0.317 e. The second-order valence-electron chi connectivity index (χ2n) is 4.45. The number of rotatable bonds is 3. The third-order valence-corrected chi connectivity index (χ3v) is 3.27. The molecule has 2 aliphatic rings. The van der Waals surface area contributed by atoms with E-state index in [9.17, 15) is 9.18 Å². The molecule has 1 saturated carbocycles. The van der Waals surface area contributed by atoms with Gasteiger partial charge in [0.1, 0.15) is 0 Å². The molecule has 2 fully saturated rings. The highest BCUT2D eigenvalue weighted by molar-refractivity contribution is 5.74. The van der Waals surface area contributed by atoms with Crippen LogP contribution < -0.4 is 5.32 Å². The second kappa shape index (κ2) is 3.75. The Balaban J connectivity index is 1.70. The number of alkyl halides is 1. The highest BCUT2D eigenvalue weighted by Gasteiger charge is 2.48. The lowest BCUT2D eigenvalue weighted by molar-refractivity contribution is 0.206. The van der Waals surface area contributed by atoms with Gasteiger partial charge in [0.15, 0.2) is 0 Å². The van der Waals surface area contributed by atoms with E-state index in [0.29, 0.717) is 18.4 Å². The molecule has 2 amide bonds. The van der Waals surface area contributed by atoms with Crippen LogP contribution in [0.4, 0.5) is 9.18 Å². The Labute approximate surface area is 83.6 Å². The molecule has 0 unspecified atom stereocenters. The number of likely N-dealkylation sites (tertiary alicyclic amines) is 1. The van der Waals surface area contributed by atoms with E-state index in [0.717, 1.165) is 19.5 Å². The van der Waals surface area contributed by atoms with Gasteiger partial charge in [0.25, 0.3) is 0 Å². The predicted octanol–water partition coefficient (Wildman–Crippen LogP) is 1.54. The van der Waals surface area contributed by atoms with Gasteiger partial charge in [0, 0.05) is 19.6 Å². The maximum Gasteiger partial charge on any atom is 0.317 e. The highest BCUT2D eigenvalue weighted by Crippen LogP contribution is 2.52. The van der Waals surface area contributed by atoms with Crippen LogP contribution in [0.2, 0.25) is 0 Å². The zero-order valence-electron chi connectivity index (χ0n) is 8.39. The fraction of sp³-hybridized carbons (Fsp3) is 0.900. The van der Waals surface area contributed by atoms with Gasteiger partial charge in [0.2, 0.25) is 0 Å². The largest absolute Gasteiger partial charge is 0.338 e. The van der Waals surface area contributed by atoms with Crippen molar-refractivity contribution >= 4 is 6.03 Å². The molecule has 0 aromatic rings. The third kappa shape index (κ3) is 1.99. The van der Waals surface area contributed by atoms with E-state index >= 15 is 0 Å². The van der Waals surface area contributed by atoms with Crippen molar-refractivity contribution in [2.24, 2.45) is 5.41 Å². The lowest BCUT2D eigenvalue weighted by Crippen LogP contribution is -2.39. The Bertz CT molecular complexity index is 228. The molecule has 2 rings (SSSR count). The minimum Gasteiger partial charge on any atom is -0.338 e. The number of nitrogens with one attached hydrogen (secondary N) is 1. The Morgan fingerprint density at radius 3 is 2.79 bits per heavy atom. The first kappa shape index (κ1) is 9.74. The molecule has 0 radical (unpaired) electrons. The standard InChI is InChI=1S/C10H17FN2O/c11-5-1-6-12-9(14)13-7-4-10(8-13)2-3-10/h1-8H2,(H,12,14). The van der Waals surface area contributed by atoms with Gasteiger partial charge < -0.3 is 10.2 Å². The Morgan fingerprint density at radius 2 is 2.21 bits per heavy atom. The summed E-state index contributed by atoms with van der Waals surface area (Å²) in [5.41, 5.74) is 0.484. The summed E-state index contributed by atoms with van der Waals surface area (Å²) in [5.74, 6) is 0. The van der Waals surface area contributed by atoms with E-state index in [2.05, 4.69) is 5.32 Å². The fourth-order valence-electron chi connectivity index (χ4n) is 2.07.